The van der Waals surface area contributed by atoms with Crippen molar-refractivity contribution in [2.24, 2.45) is 11.3 Å². The zero-order valence-corrected chi connectivity index (χ0v) is 11.2. The highest BCUT2D eigenvalue weighted by Crippen LogP contribution is 2.34. The lowest BCUT2D eigenvalue weighted by molar-refractivity contribution is -0.00274. The zero-order valence-electron chi connectivity index (χ0n) is 11.2. The Morgan fingerprint density at radius 1 is 1.50 bits per heavy atom. The first-order valence-corrected chi connectivity index (χ1v) is 6.51. The molecule has 0 aromatic rings. The Morgan fingerprint density at radius 2 is 2.25 bits per heavy atom. The van der Waals surface area contributed by atoms with Gasteiger partial charge in [-0.3, -0.25) is 0 Å². The molecule has 3 nitrogen and oxygen atoms in total. The van der Waals surface area contributed by atoms with Crippen LogP contribution < -0.4 is 5.32 Å². The predicted molar refractivity (Wildman–Crippen MR) is 66.7 cm³/mol. The van der Waals surface area contributed by atoms with Crippen molar-refractivity contribution in [3.05, 3.63) is 0 Å². The minimum absolute atomic E-state index is 0.185. The largest absolute Gasteiger partial charge is 0.381 e. The number of nitrogens with one attached hydrogen (secondary N) is 1. The summed E-state index contributed by atoms with van der Waals surface area (Å²) in [5, 5.41) is 3.55. The fourth-order valence-corrected chi connectivity index (χ4v) is 2.21. The molecule has 1 aliphatic rings. The van der Waals surface area contributed by atoms with Crippen molar-refractivity contribution in [3.8, 4) is 0 Å². The van der Waals surface area contributed by atoms with Gasteiger partial charge >= 0.3 is 0 Å². The summed E-state index contributed by atoms with van der Waals surface area (Å²) in [6.07, 6.45) is 1.41. The second-order valence-electron chi connectivity index (χ2n) is 5.29. The monoisotopic (exact) mass is 229 g/mol. The molecule has 0 radical (unpaired) electrons. The van der Waals surface area contributed by atoms with Gasteiger partial charge in [0.25, 0.3) is 0 Å². The van der Waals surface area contributed by atoms with Crippen molar-refractivity contribution in [2.75, 3.05) is 32.9 Å². The third-order valence-electron chi connectivity index (χ3n) is 3.45. The van der Waals surface area contributed by atoms with Crippen LogP contribution in [0, 0.1) is 11.3 Å². The molecule has 1 rings (SSSR count). The molecular formula is C13H27NO2. The van der Waals surface area contributed by atoms with Gasteiger partial charge in [0.15, 0.2) is 0 Å². The van der Waals surface area contributed by atoms with Crippen molar-refractivity contribution >= 4 is 0 Å². The van der Waals surface area contributed by atoms with Crippen LogP contribution in [0.1, 0.15) is 34.1 Å². The average Bonchev–Trinajstić information content (AvgIpc) is 2.58. The molecule has 1 aliphatic heterocycles. The molecule has 2 atom stereocenters. The van der Waals surface area contributed by atoms with Gasteiger partial charge in [-0.25, -0.2) is 0 Å². The second kappa shape index (κ2) is 6.58. The first-order chi connectivity index (χ1) is 7.60. The standard InChI is InChI=1S/C13H27NO2/c1-5-15-10-13(6-7-16-12(13)4)9-14-8-11(2)3/h11-12,14H,5-10H2,1-4H3. The van der Waals surface area contributed by atoms with Gasteiger partial charge in [-0.15, -0.1) is 0 Å². The summed E-state index contributed by atoms with van der Waals surface area (Å²) in [7, 11) is 0. The van der Waals surface area contributed by atoms with E-state index in [1.54, 1.807) is 0 Å². The maximum absolute atomic E-state index is 5.70. The maximum atomic E-state index is 5.70. The predicted octanol–water partition coefficient (Wildman–Crippen LogP) is 2.06. The number of hydrogen-bond acceptors (Lipinski definition) is 3. The molecule has 1 saturated heterocycles. The molecule has 96 valence electrons. The summed E-state index contributed by atoms with van der Waals surface area (Å²) in [5.41, 5.74) is 0.185. The van der Waals surface area contributed by atoms with Crippen LogP contribution in [0.4, 0.5) is 0 Å². The van der Waals surface area contributed by atoms with E-state index in [4.69, 9.17) is 9.47 Å². The summed E-state index contributed by atoms with van der Waals surface area (Å²) in [6.45, 7) is 13.2. The topological polar surface area (TPSA) is 30.5 Å². The van der Waals surface area contributed by atoms with E-state index < -0.39 is 0 Å². The highest BCUT2D eigenvalue weighted by molar-refractivity contribution is 4.91. The van der Waals surface area contributed by atoms with E-state index >= 15 is 0 Å². The van der Waals surface area contributed by atoms with Crippen molar-refractivity contribution < 1.29 is 9.47 Å². The van der Waals surface area contributed by atoms with E-state index in [-0.39, 0.29) is 5.41 Å². The van der Waals surface area contributed by atoms with E-state index in [1.165, 1.54) is 0 Å². The smallest absolute Gasteiger partial charge is 0.0638 e. The molecule has 0 aromatic heterocycles. The van der Waals surface area contributed by atoms with Crippen LogP contribution in [0.3, 0.4) is 0 Å². The summed E-state index contributed by atoms with van der Waals surface area (Å²) in [4.78, 5) is 0. The maximum Gasteiger partial charge on any atom is 0.0638 e. The van der Waals surface area contributed by atoms with E-state index in [0.717, 1.165) is 39.3 Å². The minimum Gasteiger partial charge on any atom is -0.381 e. The molecule has 0 saturated carbocycles. The highest BCUT2D eigenvalue weighted by atomic mass is 16.5. The van der Waals surface area contributed by atoms with Crippen molar-refractivity contribution in [3.63, 3.8) is 0 Å². The van der Waals surface area contributed by atoms with Crippen LogP contribution in [0.25, 0.3) is 0 Å². The van der Waals surface area contributed by atoms with E-state index in [2.05, 4.69) is 33.0 Å². The van der Waals surface area contributed by atoms with Crippen LogP contribution in [0.15, 0.2) is 0 Å². The molecule has 0 spiro atoms. The molecule has 3 heteroatoms. The molecule has 2 unspecified atom stereocenters. The van der Waals surface area contributed by atoms with Gasteiger partial charge in [0, 0.05) is 25.2 Å². The van der Waals surface area contributed by atoms with Gasteiger partial charge < -0.3 is 14.8 Å². The zero-order chi connectivity index (χ0) is 12.0. The third kappa shape index (κ3) is 3.72. The van der Waals surface area contributed by atoms with Crippen LogP contribution in [0.5, 0.6) is 0 Å². The Hall–Kier alpha value is -0.120. The SMILES string of the molecule is CCOCC1(CNCC(C)C)CCOC1C. The third-order valence-corrected chi connectivity index (χ3v) is 3.45. The van der Waals surface area contributed by atoms with Gasteiger partial charge in [-0.1, -0.05) is 13.8 Å². The first-order valence-electron chi connectivity index (χ1n) is 6.51. The number of hydrogen-bond donors (Lipinski definition) is 1. The van der Waals surface area contributed by atoms with Crippen LogP contribution in [0.2, 0.25) is 0 Å². The molecule has 0 aliphatic carbocycles. The Kier molecular flexibility index (Phi) is 5.73. The van der Waals surface area contributed by atoms with E-state index in [9.17, 15) is 0 Å². The van der Waals surface area contributed by atoms with Gasteiger partial charge in [0.05, 0.1) is 12.7 Å². The number of rotatable bonds is 7. The molecule has 1 heterocycles. The van der Waals surface area contributed by atoms with Gasteiger partial charge in [-0.2, -0.15) is 0 Å². The number of ether oxygens (including phenoxy) is 2. The Bertz CT molecular complexity index is 196. The molecule has 0 aromatic carbocycles. The van der Waals surface area contributed by atoms with Crippen molar-refractivity contribution in [1.82, 2.24) is 5.32 Å². The normalized spacial score (nSPS) is 30.2. The molecule has 1 fully saturated rings. The summed E-state index contributed by atoms with van der Waals surface area (Å²) >= 11 is 0. The first kappa shape index (κ1) is 13.9. The molecule has 1 N–H and O–H groups in total. The van der Waals surface area contributed by atoms with E-state index in [0.29, 0.717) is 12.0 Å². The minimum atomic E-state index is 0.185. The fraction of sp³-hybridized carbons (Fsp3) is 1.00. The Balaban J connectivity index is 2.43. The van der Waals surface area contributed by atoms with Gasteiger partial charge in [0.2, 0.25) is 0 Å². The molecule has 16 heavy (non-hydrogen) atoms. The average molecular weight is 229 g/mol. The lowest BCUT2D eigenvalue weighted by atomic mass is 9.82. The summed E-state index contributed by atoms with van der Waals surface area (Å²) < 4.78 is 11.3. The molecule has 0 amide bonds. The fourth-order valence-electron chi connectivity index (χ4n) is 2.21. The Morgan fingerprint density at radius 3 is 2.75 bits per heavy atom. The van der Waals surface area contributed by atoms with Gasteiger partial charge in [-0.05, 0) is 32.7 Å². The molecular weight excluding hydrogens is 202 g/mol. The lowest BCUT2D eigenvalue weighted by Gasteiger charge is -2.32. The van der Waals surface area contributed by atoms with Crippen LogP contribution >= 0.6 is 0 Å². The van der Waals surface area contributed by atoms with Crippen molar-refractivity contribution in [2.45, 2.75) is 40.2 Å². The highest BCUT2D eigenvalue weighted by Gasteiger charge is 2.41. The van der Waals surface area contributed by atoms with Crippen molar-refractivity contribution in [1.29, 1.82) is 0 Å². The quantitative estimate of drug-likeness (QED) is 0.725. The van der Waals surface area contributed by atoms with Crippen LogP contribution in [-0.2, 0) is 9.47 Å². The van der Waals surface area contributed by atoms with Crippen LogP contribution in [-0.4, -0.2) is 39.0 Å². The lowest BCUT2D eigenvalue weighted by Crippen LogP contribution is -2.44. The molecule has 0 bridgehead atoms. The summed E-state index contributed by atoms with van der Waals surface area (Å²) in [5.74, 6) is 0.696. The van der Waals surface area contributed by atoms with Gasteiger partial charge in [0.1, 0.15) is 0 Å². The summed E-state index contributed by atoms with van der Waals surface area (Å²) in [6, 6.07) is 0. The van der Waals surface area contributed by atoms with E-state index in [1.807, 2.05) is 0 Å². The second-order valence-corrected chi connectivity index (χ2v) is 5.29. The Labute approximate surface area is 99.9 Å².